The quantitative estimate of drug-likeness (QED) is 0.845. The van der Waals surface area contributed by atoms with Crippen LogP contribution in [0.3, 0.4) is 0 Å². The minimum absolute atomic E-state index is 0.00751. The average molecular weight is 313 g/mol. The maximum atomic E-state index is 12.8. The fourth-order valence-electron chi connectivity index (χ4n) is 2.91. The summed E-state index contributed by atoms with van der Waals surface area (Å²) < 4.78 is 0. The van der Waals surface area contributed by atoms with Crippen LogP contribution in [0, 0.1) is 11.3 Å². The largest absolute Gasteiger partial charge is 0.340 e. The van der Waals surface area contributed by atoms with E-state index in [4.69, 9.17) is 5.73 Å². The average Bonchev–Trinajstić information content (AvgIpc) is 3.12. The number of hydrogen-bond acceptors (Lipinski definition) is 4. The number of carbonyl (C=O) groups excluding carboxylic acids is 2. The lowest BCUT2D eigenvalue weighted by molar-refractivity contribution is -0.145. The van der Waals surface area contributed by atoms with Gasteiger partial charge in [0, 0.05) is 24.8 Å². The van der Waals surface area contributed by atoms with E-state index in [0.29, 0.717) is 12.4 Å². The number of amides is 2. The predicted octanol–water partition coefficient (Wildman–Crippen LogP) is 1.13. The van der Waals surface area contributed by atoms with Crippen molar-refractivity contribution in [2.75, 3.05) is 31.3 Å². The molecule has 120 valence electrons. The zero-order valence-electron chi connectivity index (χ0n) is 13.3. The van der Waals surface area contributed by atoms with Gasteiger partial charge in [-0.1, -0.05) is 20.8 Å². The van der Waals surface area contributed by atoms with Crippen LogP contribution in [-0.2, 0) is 9.59 Å². The Bertz CT molecular complexity index is 418. The summed E-state index contributed by atoms with van der Waals surface area (Å²) in [4.78, 5) is 28.8. The van der Waals surface area contributed by atoms with Crippen molar-refractivity contribution in [3.63, 3.8) is 0 Å². The van der Waals surface area contributed by atoms with Crippen LogP contribution in [0.15, 0.2) is 0 Å². The van der Waals surface area contributed by atoms with Gasteiger partial charge in [-0.05, 0) is 24.8 Å². The fraction of sp³-hybridized carbons (Fsp3) is 0.867. The molecule has 0 aromatic carbocycles. The molecule has 0 saturated carbocycles. The highest BCUT2D eigenvalue weighted by Crippen LogP contribution is 2.31. The molecule has 2 aliphatic heterocycles. The number of nitrogens with two attached hydrogens (primary N) is 1. The van der Waals surface area contributed by atoms with Gasteiger partial charge in [0.2, 0.25) is 11.8 Å². The van der Waals surface area contributed by atoms with Crippen LogP contribution in [0.25, 0.3) is 0 Å². The minimum atomic E-state index is -0.281. The van der Waals surface area contributed by atoms with E-state index in [1.807, 2.05) is 18.7 Å². The molecule has 6 heteroatoms. The van der Waals surface area contributed by atoms with Crippen molar-refractivity contribution in [1.82, 2.24) is 9.80 Å². The molecule has 2 aliphatic rings. The first-order valence-electron chi connectivity index (χ1n) is 7.79. The molecule has 3 atom stereocenters. The molecule has 0 radical (unpaired) electrons. The molecule has 3 unspecified atom stereocenters. The zero-order chi connectivity index (χ0) is 15.6. The number of nitrogens with zero attached hydrogens (tertiary/aromatic N) is 2. The number of thioether (sulfide) groups is 1. The van der Waals surface area contributed by atoms with Crippen molar-refractivity contribution in [2.45, 2.75) is 39.7 Å². The highest BCUT2D eigenvalue weighted by Gasteiger charge is 2.42. The van der Waals surface area contributed by atoms with Gasteiger partial charge in [-0.25, -0.2) is 0 Å². The maximum absolute atomic E-state index is 12.8. The molecule has 0 aliphatic carbocycles. The normalized spacial score (nSPS) is 30.8. The van der Waals surface area contributed by atoms with Gasteiger partial charge in [0.05, 0.1) is 5.88 Å². The van der Waals surface area contributed by atoms with Gasteiger partial charge in [-0.2, -0.15) is 0 Å². The Morgan fingerprint density at radius 3 is 2.76 bits per heavy atom. The molecule has 2 saturated heterocycles. The summed E-state index contributed by atoms with van der Waals surface area (Å²) in [5, 5.41) is 0. The Balaban J connectivity index is 2.03. The Morgan fingerprint density at radius 2 is 2.19 bits per heavy atom. The molecule has 0 aromatic rings. The van der Waals surface area contributed by atoms with Gasteiger partial charge in [0.1, 0.15) is 6.04 Å². The smallest absolute Gasteiger partial charge is 0.246 e. The van der Waals surface area contributed by atoms with E-state index in [1.165, 1.54) is 0 Å². The SMILES string of the molecule is CCC(C)C(=O)N1CSCC1C(=O)N1CCC(C)(CN)C1. The first-order chi connectivity index (χ1) is 9.91. The van der Waals surface area contributed by atoms with Crippen molar-refractivity contribution in [2.24, 2.45) is 17.1 Å². The monoisotopic (exact) mass is 313 g/mol. The summed E-state index contributed by atoms with van der Waals surface area (Å²) in [7, 11) is 0. The van der Waals surface area contributed by atoms with Crippen molar-refractivity contribution < 1.29 is 9.59 Å². The number of carbonyl (C=O) groups is 2. The highest BCUT2D eigenvalue weighted by atomic mass is 32.2. The molecule has 5 nitrogen and oxygen atoms in total. The van der Waals surface area contributed by atoms with Crippen LogP contribution in [0.1, 0.15) is 33.6 Å². The van der Waals surface area contributed by atoms with Crippen LogP contribution in [0.2, 0.25) is 0 Å². The van der Waals surface area contributed by atoms with Crippen LogP contribution in [-0.4, -0.2) is 58.9 Å². The predicted molar refractivity (Wildman–Crippen MR) is 85.8 cm³/mol. The summed E-state index contributed by atoms with van der Waals surface area (Å²) in [5.41, 5.74) is 5.85. The van der Waals surface area contributed by atoms with E-state index in [9.17, 15) is 9.59 Å². The molecule has 2 rings (SSSR count). The maximum Gasteiger partial charge on any atom is 0.246 e. The molecule has 2 fully saturated rings. The third kappa shape index (κ3) is 3.37. The van der Waals surface area contributed by atoms with Crippen molar-refractivity contribution in [3.8, 4) is 0 Å². The second-order valence-corrected chi connectivity index (χ2v) is 7.66. The van der Waals surface area contributed by atoms with Gasteiger partial charge in [0.15, 0.2) is 0 Å². The van der Waals surface area contributed by atoms with E-state index in [2.05, 4.69) is 6.92 Å². The van der Waals surface area contributed by atoms with E-state index < -0.39 is 0 Å². The third-order valence-electron chi connectivity index (χ3n) is 4.85. The lowest BCUT2D eigenvalue weighted by Crippen LogP contribution is -2.50. The van der Waals surface area contributed by atoms with Gasteiger partial charge in [-0.15, -0.1) is 11.8 Å². The molecule has 2 N–H and O–H groups in total. The van der Waals surface area contributed by atoms with Crippen LogP contribution < -0.4 is 5.73 Å². The number of hydrogen-bond donors (Lipinski definition) is 1. The van der Waals surface area contributed by atoms with Gasteiger partial charge in [-0.3, -0.25) is 9.59 Å². The third-order valence-corrected chi connectivity index (χ3v) is 5.86. The van der Waals surface area contributed by atoms with E-state index in [1.54, 1.807) is 16.7 Å². The second-order valence-electron chi connectivity index (χ2n) is 6.66. The minimum Gasteiger partial charge on any atom is -0.340 e. The summed E-state index contributed by atoms with van der Waals surface area (Å²) in [5.74, 6) is 1.57. The van der Waals surface area contributed by atoms with Crippen molar-refractivity contribution in [1.29, 1.82) is 0 Å². The standard InChI is InChI=1S/C15H27N3O2S/c1-4-11(2)13(19)18-10-21-7-12(18)14(20)17-6-5-15(3,8-16)9-17/h11-12H,4-10,16H2,1-3H3. The second kappa shape index (κ2) is 6.57. The molecule has 0 bridgehead atoms. The zero-order valence-corrected chi connectivity index (χ0v) is 14.1. The molecular weight excluding hydrogens is 286 g/mol. The summed E-state index contributed by atoms with van der Waals surface area (Å²) in [6.07, 6.45) is 1.77. The lowest BCUT2D eigenvalue weighted by atomic mass is 9.90. The Kier molecular flexibility index (Phi) is 5.20. The first-order valence-corrected chi connectivity index (χ1v) is 8.94. The molecule has 2 heterocycles. The molecular formula is C15H27N3O2S. The fourth-order valence-corrected chi connectivity index (χ4v) is 4.07. The van der Waals surface area contributed by atoms with Crippen LogP contribution in [0.4, 0.5) is 0 Å². The van der Waals surface area contributed by atoms with Gasteiger partial charge >= 0.3 is 0 Å². The van der Waals surface area contributed by atoms with Crippen LogP contribution >= 0.6 is 11.8 Å². The number of rotatable bonds is 4. The molecule has 2 amide bonds. The Morgan fingerprint density at radius 1 is 1.48 bits per heavy atom. The van der Waals surface area contributed by atoms with E-state index >= 15 is 0 Å². The summed E-state index contributed by atoms with van der Waals surface area (Å²) in [6.45, 7) is 8.16. The highest BCUT2D eigenvalue weighted by molar-refractivity contribution is 7.99. The summed E-state index contributed by atoms with van der Waals surface area (Å²) >= 11 is 1.67. The Labute approximate surface area is 131 Å². The lowest BCUT2D eigenvalue weighted by Gasteiger charge is -2.30. The van der Waals surface area contributed by atoms with E-state index in [-0.39, 0.29) is 29.2 Å². The van der Waals surface area contributed by atoms with Gasteiger partial charge < -0.3 is 15.5 Å². The van der Waals surface area contributed by atoms with Gasteiger partial charge in [0.25, 0.3) is 0 Å². The van der Waals surface area contributed by atoms with Crippen molar-refractivity contribution in [3.05, 3.63) is 0 Å². The first kappa shape index (κ1) is 16.6. The Hall–Kier alpha value is -0.750. The molecule has 0 spiro atoms. The topological polar surface area (TPSA) is 66.6 Å². The summed E-state index contributed by atoms with van der Waals surface area (Å²) in [6, 6.07) is -0.281. The number of likely N-dealkylation sites (tertiary alicyclic amines) is 1. The molecule has 0 aromatic heterocycles. The van der Waals surface area contributed by atoms with Crippen molar-refractivity contribution >= 4 is 23.6 Å². The van der Waals surface area contributed by atoms with E-state index in [0.717, 1.165) is 31.7 Å². The van der Waals surface area contributed by atoms with Crippen LogP contribution in [0.5, 0.6) is 0 Å². The molecule has 21 heavy (non-hydrogen) atoms.